The zero-order valence-electron chi connectivity index (χ0n) is 15.0. The lowest BCUT2D eigenvalue weighted by atomic mass is 9.98. The number of ether oxygens (including phenoxy) is 1. The molecule has 1 aliphatic heterocycles. The van der Waals surface area contributed by atoms with Crippen LogP contribution in [0.5, 0.6) is 5.75 Å². The van der Waals surface area contributed by atoms with Gasteiger partial charge in [0.1, 0.15) is 11.4 Å². The highest BCUT2D eigenvalue weighted by molar-refractivity contribution is 6.34. The van der Waals surface area contributed by atoms with E-state index < -0.39 is 0 Å². The fourth-order valence-electron chi connectivity index (χ4n) is 3.25. The number of piperidine rings is 1. The summed E-state index contributed by atoms with van der Waals surface area (Å²) in [5, 5.41) is 4.69. The van der Waals surface area contributed by atoms with Gasteiger partial charge in [-0.05, 0) is 38.8 Å². The maximum absolute atomic E-state index is 12.9. The van der Waals surface area contributed by atoms with Crippen LogP contribution >= 0.6 is 11.6 Å². The average molecular weight is 362 g/mol. The van der Waals surface area contributed by atoms with Crippen molar-refractivity contribution in [3.8, 4) is 5.75 Å². The maximum Gasteiger partial charge on any atom is 0.273 e. The zero-order chi connectivity index (χ0) is 18.0. The molecule has 0 N–H and O–H groups in total. The van der Waals surface area contributed by atoms with Crippen LogP contribution in [0.25, 0.3) is 0 Å². The summed E-state index contributed by atoms with van der Waals surface area (Å²) in [6.07, 6.45) is 2.04. The van der Waals surface area contributed by atoms with Crippen LogP contribution in [0.4, 0.5) is 0 Å². The first-order chi connectivity index (χ1) is 12.0. The van der Waals surface area contributed by atoms with Gasteiger partial charge in [0, 0.05) is 26.1 Å². The van der Waals surface area contributed by atoms with Gasteiger partial charge in [-0.25, -0.2) is 0 Å². The lowest BCUT2D eigenvalue weighted by molar-refractivity contribution is 0.0622. The highest BCUT2D eigenvalue weighted by atomic mass is 35.5. The van der Waals surface area contributed by atoms with Gasteiger partial charge in [0.2, 0.25) is 0 Å². The Morgan fingerprint density at radius 3 is 2.68 bits per heavy atom. The van der Waals surface area contributed by atoms with Crippen molar-refractivity contribution < 1.29 is 9.53 Å². The Bertz CT molecular complexity index is 755. The maximum atomic E-state index is 12.9. The number of hydrogen-bond donors (Lipinski definition) is 0. The molecule has 3 rings (SSSR count). The number of aromatic nitrogens is 2. The second-order valence-corrected chi connectivity index (χ2v) is 7.13. The fraction of sp³-hybridized carbons (Fsp3) is 0.474. The lowest BCUT2D eigenvalue weighted by Crippen LogP contribution is -2.42. The van der Waals surface area contributed by atoms with Crippen LogP contribution < -0.4 is 4.74 Å². The third-order valence-corrected chi connectivity index (χ3v) is 5.12. The number of likely N-dealkylation sites (tertiary alicyclic amines) is 1. The first-order valence-corrected chi connectivity index (χ1v) is 9.01. The van der Waals surface area contributed by atoms with Gasteiger partial charge in [-0.2, -0.15) is 5.10 Å². The van der Waals surface area contributed by atoms with E-state index in [0.717, 1.165) is 25.1 Å². The van der Waals surface area contributed by atoms with Crippen molar-refractivity contribution in [3.05, 3.63) is 46.2 Å². The van der Waals surface area contributed by atoms with Crippen LogP contribution in [-0.2, 0) is 7.05 Å². The van der Waals surface area contributed by atoms with Gasteiger partial charge in [0.05, 0.1) is 17.3 Å². The molecule has 1 amide bonds. The molecule has 2 heterocycles. The van der Waals surface area contributed by atoms with E-state index in [-0.39, 0.29) is 5.91 Å². The molecule has 1 fully saturated rings. The predicted octanol–water partition coefficient (Wildman–Crippen LogP) is 3.62. The van der Waals surface area contributed by atoms with Gasteiger partial charge < -0.3 is 9.64 Å². The van der Waals surface area contributed by atoms with E-state index in [2.05, 4.69) is 12.0 Å². The summed E-state index contributed by atoms with van der Waals surface area (Å²) >= 11 is 6.26. The fourth-order valence-corrected chi connectivity index (χ4v) is 3.49. The molecule has 0 radical (unpaired) electrons. The Labute approximate surface area is 153 Å². The average Bonchev–Trinajstić information content (AvgIpc) is 2.86. The van der Waals surface area contributed by atoms with Crippen LogP contribution in [0.1, 0.15) is 34.6 Å². The second-order valence-electron chi connectivity index (χ2n) is 6.76. The summed E-state index contributed by atoms with van der Waals surface area (Å²) in [4.78, 5) is 14.7. The standard InChI is InChI=1S/C19H24ClN3O2/c1-13-6-8-16(9-7-13)25-12-15-5-4-10-23(11-15)19(24)18-17(20)14(2)21-22(18)3/h6-9,15H,4-5,10-12H2,1-3H3/t15-/m1/s1. The molecule has 0 saturated carbocycles. The van der Waals surface area contributed by atoms with Gasteiger partial charge in [-0.3, -0.25) is 9.48 Å². The van der Waals surface area contributed by atoms with Gasteiger partial charge in [0.15, 0.2) is 0 Å². The summed E-state index contributed by atoms with van der Waals surface area (Å²) in [5.74, 6) is 1.15. The number of halogens is 1. The van der Waals surface area contributed by atoms with Crippen molar-refractivity contribution in [1.82, 2.24) is 14.7 Å². The van der Waals surface area contributed by atoms with Crippen molar-refractivity contribution in [2.24, 2.45) is 13.0 Å². The monoisotopic (exact) mass is 361 g/mol. The third kappa shape index (κ3) is 3.98. The van der Waals surface area contributed by atoms with Gasteiger partial charge >= 0.3 is 0 Å². The molecule has 0 aliphatic carbocycles. The Hall–Kier alpha value is -2.01. The van der Waals surface area contributed by atoms with Crippen LogP contribution in [0, 0.1) is 19.8 Å². The van der Waals surface area contributed by atoms with Crippen molar-refractivity contribution in [1.29, 1.82) is 0 Å². The van der Waals surface area contributed by atoms with E-state index in [1.807, 2.05) is 36.1 Å². The van der Waals surface area contributed by atoms with Crippen molar-refractivity contribution in [3.63, 3.8) is 0 Å². The first kappa shape index (κ1) is 17.8. The molecule has 0 unspecified atom stereocenters. The van der Waals surface area contributed by atoms with Crippen LogP contribution in [0.15, 0.2) is 24.3 Å². The largest absolute Gasteiger partial charge is 0.493 e. The summed E-state index contributed by atoms with van der Waals surface area (Å²) in [6.45, 7) is 5.92. The minimum atomic E-state index is -0.0480. The molecule has 1 aromatic carbocycles. The molecule has 1 saturated heterocycles. The van der Waals surface area contributed by atoms with Gasteiger partial charge in [-0.15, -0.1) is 0 Å². The van der Waals surface area contributed by atoms with Crippen LogP contribution in [0.3, 0.4) is 0 Å². The number of benzene rings is 1. The molecule has 2 aromatic rings. The van der Waals surface area contributed by atoms with E-state index >= 15 is 0 Å². The Kier molecular flexibility index (Phi) is 5.33. The van der Waals surface area contributed by atoms with E-state index in [9.17, 15) is 4.79 Å². The SMILES string of the molecule is Cc1ccc(OC[C@@H]2CCCN(C(=O)c3c(Cl)c(C)nn3C)C2)cc1. The molecular formula is C19H24ClN3O2. The molecule has 5 nitrogen and oxygen atoms in total. The highest BCUT2D eigenvalue weighted by Gasteiger charge is 2.29. The summed E-state index contributed by atoms with van der Waals surface area (Å²) < 4.78 is 7.48. The number of carbonyl (C=O) groups excluding carboxylic acids is 1. The molecule has 134 valence electrons. The predicted molar refractivity (Wildman–Crippen MR) is 98.3 cm³/mol. The quantitative estimate of drug-likeness (QED) is 0.835. The number of hydrogen-bond acceptors (Lipinski definition) is 3. The molecule has 1 aliphatic rings. The van der Waals surface area contributed by atoms with Gasteiger partial charge in [0.25, 0.3) is 5.91 Å². The van der Waals surface area contributed by atoms with Crippen molar-refractivity contribution in [2.75, 3.05) is 19.7 Å². The Morgan fingerprint density at radius 1 is 1.32 bits per heavy atom. The minimum absolute atomic E-state index is 0.0480. The normalized spacial score (nSPS) is 17.6. The van der Waals surface area contributed by atoms with E-state index in [1.165, 1.54) is 5.56 Å². The third-order valence-electron chi connectivity index (χ3n) is 4.66. The molecule has 1 aromatic heterocycles. The molecule has 6 heteroatoms. The summed E-state index contributed by atoms with van der Waals surface area (Å²) in [6, 6.07) is 8.05. The molecule has 0 bridgehead atoms. The molecule has 25 heavy (non-hydrogen) atoms. The van der Waals surface area contributed by atoms with Crippen molar-refractivity contribution in [2.45, 2.75) is 26.7 Å². The topological polar surface area (TPSA) is 47.4 Å². The van der Waals surface area contributed by atoms with E-state index in [0.29, 0.717) is 35.5 Å². The minimum Gasteiger partial charge on any atom is -0.493 e. The van der Waals surface area contributed by atoms with Crippen LogP contribution in [-0.4, -0.2) is 40.3 Å². The number of amides is 1. The lowest BCUT2D eigenvalue weighted by Gasteiger charge is -2.32. The summed E-state index contributed by atoms with van der Waals surface area (Å²) in [7, 11) is 1.76. The number of aryl methyl sites for hydroxylation is 3. The second kappa shape index (κ2) is 7.48. The number of nitrogens with zero attached hydrogens (tertiary/aromatic N) is 3. The number of carbonyl (C=O) groups is 1. The van der Waals surface area contributed by atoms with Crippen LogP contribution in [0.2, 0.25) is 5.02 Å². The van der Waals surface area contributed by atoms with Gasteiger partial charge in [-0.1, -0.05) is 29.3 Å². The first-order valence-electron chi connectivity index (χ1n) is 8.63. The zero-order valence-corrected chi connectivity index (χ0v) is 15.7. The van der Waals surface area contributed by atoms with E-state index in [4.69, 9.17) is 16.3 Å². The Balaban J connectivity index is 1.62. The smallest absolute Gasteiger partial charge is 0.273 e. The molecule has 0 spiro atoms. The Morgan fingerprint density at radius 2 is 2.04 bits per heavy atom. The molecular weight excluding hydrogens is 338 g/mol. The van der Waals surface area contributed by atoms with Crippen molar-refractivity contribution >= 4 is 17.5 Å². The highest BCUT2D eigenvalue weighted by Crippen LogP contribution is 2.25. The number of rotatable bonds is 4. The van der Waals surface area contributed by atoms with E-state index in [1.54, 1.807) is 11.7 Å². The molecule has 1 atom stereocenters. The summed E-state index contributed by atoms with van der Waals surface area (Å²) in [5.41, 5.74) is 2.37.